The standard InChI is InChI=1S/C17H16N2O/c1-13(20)14-7-9-16(10-8-14)19-12-11-18-17(19)15-5-3-2-4-6-15/h2-13,20H,1H3. The molecule has 1 atom stereocenters. The molecule has 1 unspecified atom stereocenters. The van der Waals surface area contributed by atoms with E-state index in [0.29, 0.717) is 0 Å². The summed E-state index contributed by atoms with van der Waals surface area (Å²) in [5, 5.41) is 9.56. The molecule has 0 aliphatic carbocycles. The molecule has 0 amide bonds. The maximum absolute atomic E-state index is 9.56. The summed E-state index contributed by atoms with van der Waals surface area (Å²) in [5.74, 6) is 0.912. The lowest BCUT2D eigenvalue weighted by molar-refractivity contribution is 0.199. The summed E-state index contributed by atoms with van der Waals surface area (Å²) in [7, 11) is 0. The molecule has 0 aliphatic heterocycles. The second-order valence-electron chi connectivity index (χ2n) is 4.75. The van der Waals surface area contributed by atoms with E-state index >= 15 is 0 Å². The van der Waals surface area contributed by atoms with Crippen LogP contribution in [-0.2, 0) is 0 Å². The van der Waals surface area contributed by atoms with Crippen LogP contribution in [0.3, 0.4) is 0 Å². The summed E-state index contributed by atoms with van der Waals surface area (Å²) in [6, 6.07) is 18.0. The summed E-state index contributed by atoms with van der Waals surface area (Å²) in [5.41, 5.74) is 3.03. The van der Waals surface area contributed by atoms with Crippen LogP contribution in [0.1, 0.15) is 18.6 Å². The number of aliphatic hydroxyl groups is 1. The topological polar surface area (TPSA) is 38.0 Å². The highest BCUT2D eigenvalue weighted by Crippen LogP contribution is 2.22. The number of imidazole rings is 1. The molecular weight excluding hydrogens is 248 g/mol. The van der Waals surface area contributed by atoms with Crippen LogP contribution in [0.15, 0.2) is 67.0 Å². The van der Waals surface area contributed by atoms with Gasteiger partial charge in [-0.05, 0) is 24.6 Å². The van der Waals surface area contributed by atoms with Gasteiger partial charge in [-0.3, -0.25) is 4.57 Å². The Morgan fingerprint density at radius 2 is 1.70 bits per heavy atom. The van der Waals surface area contributed by atoms with Crippen molar-refractivity contribution < 1.29 is 5.11 Å². The van der Waals surface area contributed by atoms with E-state index in [2.05, 4.69) is 4.98 Å². The van der Waals surface area contributed by atoms with Crippen LogP contribution in [0.2, 0.25) is 0 Å². The Bertz CT molecular complexity index is 685. The average molecular weight is 264 g/mol. The van der Waals surface area contributed by atoms with Gasteiger partial charge in [0.15, 0.2) is 0 Å². The van der Waals surface area contributed by atoms with Gasteiger partial charge in [0.25, 0.3) is 0 Å². The second kappa shape index (κ2) is 5.31. The predicted molar refractivity (Wildman–Crippen MR) is 79.6 cm³/mol. The quantitative estimate of drug-likeness (QED) is 0.785. The fourth-order valence-electron chi connectivity index (χ4n) is 2.23. The molecule has 1 aromatic heterocycles. The van der Waals surface area contributed by atoms with Crippen LogP contribution in [0.25, 0.3) is 17.1 Å². The van der Waals surface area contributed by atoms with E-state index in [1.54, 1.807) is 13.1 Å². The van der Waals surface area contributed by atoms with Crippen molar-refractivity contribution in [1.29, 1.82) is 0 Å². The Balaban J connectivity index is 2.01. The van der Waals surface area contributed by atoms with Crippen LogP contribution in [0.4, 0.5) is 0 Å². The minimum atomic E-state index is -0.444. The molecule has 100 valence electrons. The highest BCUT2D eigenvalue weighted by atomic mass is 16.3. The van der Waals surface area contributed by atoms with Crippen LogP contribution in [0, 0.1) is 0 Å². The largest absolute Gasteiger partial charge is 0.389 e. The molecular formula is C17H16N2O. The number of aliphatic hydroxyl groups excluding tert-OH is 1. The van der Waals surface area contributed by atoms with Crippen LogP contribution in [0.5, 0.6) is 0 Å². The van der Waals surface area contributed by atoms with E-state index in [9.17, 15) is 5.11 Å². The molecule has 0 fully saturated rings. The molecule has 0 saturated carbocycles. The van der Waals surface area contributed by atoms with Gasteiger partial charge in [0.2, 0.25) is 0 Å². The molecule has 3 aromatic rings. The summed E-state index contributed by atoms with van der Waals surface area (Å²) in [6.45, 7) is 1.77. The van der Waals surface area contributed by atoms with E-state index in [4.69, 9.17) is 0 Å². The molecule has 1 N–H and O–H groups in total. The molecule has 2 aromatic carbocycles. The zero-order chi connectivity index (χ0) is 13.9. The number of hydrogen-bond donors (Lipinski definition) is 1. The molecule has 3 nitrogen and oxygen atoms in total. The van der Waals surface area contributed by atoms with E-state index in [1.165, 1.54) is 0 Å². The van der Waals surface area contributed by atoms with Crippen molar-refractivity contribution >= 4 is 0 Å². The van der Waals surface area contributed by atoms with Gasteiger partial charge in [0.05, 0.1) is 6.10 Å². The summed E-state index contributed by atoms with van der Waals surface area (Å²) in [4.78, 5) is 4.43. The Morgan fingerprint density at radius 1 is 1.00 bits per heavy atom. The van der Waals surface area contributed by atoms with Crippen LogP contribution < -0.4 is 0 Å². The van der Waals surface area contributed by atoms with E-state index in [0.717, 1.165) is 22.6 Å². The van der Waals surface area contributed by atoms with Crippen LogP contribution in [-0.4, -0.2) is 14.7 Å². The van der Waals surface area contributed by atoms with Crippen molar-refractivity contribution in [3.8, 4) is 17.1 Å². The lowest BCUT2D eigenvalue weighted by Crippen LogP contribution is -1.97. The first-order valence-corrected chi connectivity index (χ1v) is 6.63. The van der Waals surface area contributed by atoms with Gasteiger partial charge in [-0.2, -0.15) is 0 Å². The first kappa shape index (κ1) is 12.6. The maximum Gasteiger partial charge on any atom is 0.144 e. The molecule has 0 bridgehead atoms. The molecule has 3 rings (SSSR count). The minimum absolute atomic E-state index is 0.444. The highest BCUT2D eigenvalue weighted by molar-refractivity contribution is 5.58. The number of hydrogen-bond acceptors (Lipinski definition) is 2. The van der Waals surface area contributed by atoms with Gasteiger partial charge in [0.1, 0.15) is 5.82 Å². The Hall–Kier alpha value is -2.39. The zero-order valence-electron chi connectivity index (χ0n) is 11.3. The lowest BCUT2D eigenvalue weighted by atomic mass is 10.1. The third-order valence-corrected chi connectivity index (χ3v) is 3.33. The molecule has 0 aliphatic rings. The minimum Gasteiger partial charge on any atom is -0.389 e. The Morgan fingerprint density at radius 3 is 2.35 bits per heavy atom. The molecule has 20 heavy (non-hydrogen) atoms. The molecule has 0 saturated heterocycles. The normalized spacial score (nSPS) is 12.3. The summed E-state index contributed by atoms with van der Waals surface area (Å²) in [6.07, 6.45) is 3.30. The zero-order valence-corrected chi connectivity index (χ0v) is 11.3. The van der Waals surface area contributed by atoms with Crippen molar-refractivity contribution in [2.75, 3.05) is 0 Å². The van der Waals surface area contributed by atoms with E-state index in [1.807, 2.05) is 65.4 Å². The van der Waals surface area contributed by atoms with E-state index < -0.39 is 6.10 Å². The molecule has 1 heterocycles. The third kappa shape index (κ3) is 2.36. The fourth-order valence-corrected chi connectivity index (χ4v) is 2.23. The number of benzene rings is 2. The van der Waals surface area contributed by atoms with Crippen molar-refractivity contribution in [2.45, 2.75) is 13.0 Å². The number of rotatable bonds is 3. The van der Waals surface area contributed by atoms with Crippen molar-refractivity contribution in [2.24, 2.45) is 0 Å². The summed E-state index contributed by atoms with van der Waals surface area (Å²) >= 11 is 0. The first-order chi connectivity index (χ1) is 9.75. The fraction of sp³-hybridized carbons (Fsp3) is 0.118. The van der Waals surface area contributed by atoms with E-state index in [-0.39, 0.29) is 0 Å². The number of aromatic nitrogens is 2. The van der Waals surface area contributed by atoms with Gasteiger partial charge < -0.3 is 5.11 Å². The maximum atomic E-state index is 9.56. The first-order valence-electron chi connectivity index (χ1n) is 6.63. The van der Waals surface area contributed by atoms with Crippen LogP contribution >= 0.6 is 0 Å². The molecule has 0 radical (unpaired) electrons. The van der Waals surface area contributed by atoms with Crippen molar-refractivity contribution in [3.05, 3.63) is 72.6 Å². The van der Waals surface area contributed by atoms with Crippen molar-refractivity contribution in [3.63, 3.8) is 0 Å². The Kier molecular flexibility index (Phi) is 3.35. The van der Waals surface area contributed by atoms with Crippen molar-refractivity contribution in [1.82, 2.24) is 9.55 Å². The van der Waals surface area contributed by atoms with Gasteiger partial charge in [-0.15, -0.1) is 0 Å². The summed E-state index contributed by atoms with van der Waals surface area (Å²) < 4.78 is 2.04. The third-order valence-electron chi connectivity index (χ3n) is 3.33. The molecule has 0 spiro atoms. The Labute approximate surface area is 118 Å². The SMILES string of the molecule is CC(O)c1ccc(-n2ccnc2-c2ccccc2)cc1. The van der Waals surface area contributed by atoms with Gasteiger partial charge in [-0.1, -0.05) is 42.5 Å². The van der Waals surface area contributed by atoms with Gasteiger partial charge in [-0.25, -0.2) is 4.98 Å². The monoisotopic (exact) mass is 264 g/mol. The predicted octanol–water partition coefficient (Wildman–Crippen LogP) is 3.59. The van der Waals surface area contributed by atoms with Gasteiger partial charge in [0, 0.05) is 23.6 Å². The average Bonchev–Trinajstić information content (AvgIpc) is 2.97. The highest BCUT2D eigenvalue weighted by Gasteiger charge is 2.07. The second-order valence-corrected chi connectivity index (χ2v) is 4.75. The molecule has 3 heteroatoms. The lowest BCUT2D eigenvalue weighted by Gasteiger charge is -2.10. The smallest absolute Gasteiger partial charge is 0.144 e. The van der Waals surface area contributed by atoms with Gasteiger partial charge >= 0.3 is 0 Å². The number of nitrogens with zero attached hydrogens (tertiary/aromatic N) is 2.